The maximum atomic E-state index is 9.67. The second-order valence-electron chi connectivity index (χ2n) is 4.02. The van der Waals surface area contributed by atoms with Crippen LogP contribution in [0.15, 0.2) is 36.4 Å². The molecule has 0 amide bonds. The molecule has 2 aromatic rings. The number of nitrogens with one attached hydrogen (secondary N) is 1. The lowest BCUT2D eigenvalue weighted by atomic mass is 10.2. The molecule has 0 bridgehead atoms. The highest BCUT2D eigenvalue weighted by Crippen LogP contribution is 2.29. The Hall–Kier alpha value is -1.58. The summed E-state index contributed by atoms with van der Waals surface area (Å²) in [5.41, 5.74) is 1.75. The third kappa shape index (κ3) is 3.69. The second-order valence-corrected chi connectivity index (χ2v) is 4.89. The Balaban J connectivity index is 2.08. The summed E-state index contributed by atoms with van der Waals surface area (Å²) < 4.78 is 4.98. The van der Waals surface area contributed by atoms with Gasteiger partial charge in [-0.2, -0.15) is 0 Å². The highest BCUT2D eigenvalue weighted by molar-refractivity contribution is 6.34. The lowest BCUT2D eigenvalue weighted by molar-refractivity contribution is 0.373. The van der Waals surface area contributed by atoms with Gasteiger partial charge in [0.2, 0.25) is 0 Å². The van der Waals surface area contributed by atoms with Crippen molar-refractivity contribution >= 4 is 28.9 Å². The van der Waals surface area contributed by atoms with Gasteiger partial charge < -0.3 is 15.2 Å². The Morgan fingerprint density at radius 3 is 2.37 bits per heavy atom. The molecule has 0 unspecified atom stereocenters. The summed E-state index contributed by atoms with van der Waals surface area (Å²) in [4.78, 5) is 0. The molecule has 0 heterocycles. The third-order valence-corrected chi connectivity index (χ3v) is 3.03. The van der Waals surface area contributed by atoms with Crippen molar-refractivity contribution in [3.05, 3.63) is 52.0 Å². The van der Waals surface area contributed by atoms with Gasteiger partial charge in [0.15, 0.2) is 11.5 Å². The molecule has 2 N–H and O–H groups in total. The van der Waals surface area contributed by atoms with Gasteiger partial charge in [0.05, 0.1) is 7.11 Å². The monoisotopic (exact) mass is 297 g/mol. The molecule has 0 aromatic heterocycles. The molecule has 5 heteroatoms. The van der Waals surface area contributed by atoms with Crippen LogP contribution in [-0.2, 0) is 6.54 Å². The van der Waals surface area contributed by atoms with Gasteiger partial charge in [-0.15, -0.1) is 0 Å². The van der Waals surface area contributed by atoms with Gasteiger partial charge in [-0.1, -0.05) is 23.2 Å². The number of halogens is 2. The molecule has 19 heavy (non-hydrogen) atoms. The van der Waals surface area contributed by atoms with Crippen molar-refractivity contribution < 1.29 is 9.84 Å². The van der Waals surface area contributed by atoms with Crippen LogP contribution < -0.4 is 10.1 Å². The number of hydrogen-bond donors (Lipinski definition) is 2. The van der Waals surface area contributed by atoms with Crippen molar-refractivity contribution in [2.45, 2.75) is 6.54 Å². The number of anilines is 1. The zero-order valence-electron chi connectivity index (χ0n) is 10.3. The number of rotatable bonds is 4. The Labute approximate surface area is 121 Å². The van der Waals surface area contributed by atoms with E-state index >= 15 is 0 Å². The molecule has 2 aromatic carbocycles. The molecule has 2 rings (SSSR count). The number of phenolic OH excluding ortho intramolecular Hbond substituents is 1. The van der Waals surface area contributed by atoms with Gasteiger partial charge in [-0.05, 0) is 35.9 Å². The summed E-state index contributed by atoms with van der Waals surface area (Å²) >= 11 is 11.9. The van der Waals surface area contributed by atoms with Gasteiger partial charge in [0.1, 0.15) is 0 Å². The summed E-state index contributed by atoms with van der Waals surface area (Å²) in [7, 11) is 1.51. The van der Waals surface area contributed by atoms with Crippen LogP contribution in [0.5, 0.6) is 11.5 Å². The van der Waals surface area contributed by atoms with Crippen LogP contribution in [-0.4, -0.2) is 12.2 Å². The van der Waals surface area contributed by atoms with Gasteiger partial charge in [0, 0.05) is 28.3 Å². The Morgan fingerprint density at radius 2 is 1.79 bits per heavy atom. The Morgan fingerprint density at radius 1 is 1.11 bits per heavy atom. The molecule has 0 spiro atoms. The average Bonchev–Trinajstić information content (AvgIpc) is 2.35. The minimum atomic E-state index is 0.0941. The SMILES string of the molecule is COc1ccc(NCc2cc(Cl)cc(Cl)c2)cc1O. The van der Waals surface area contributed by atoms with Gasteiger partial charge in [-0.3, -0.25) is 0 Å². The van der Waals surface area contributed by atoms with Crippen LogP contribution in [0.25, 0.3) is 0 Å². The predicted molar refractivity (Wildman–Crippen MR) is 78.4 cm³/mol. The summed E-state index contributed by atoms with van der Waals surface area (Å²) in [6, 6.07) is 10.5. The van der Waals surface area contributed by atoms with E-state index in [1.165, 1.54) is 7.11 Å². The van der Waals surface area contributed by atoms with E-state index in [2.05, 4.69) is 5.32 Å². The lowest BCUT2D eigenvalue weighted by Crippen LogP contribution is -1.99. The van der Waals surface area contributed by atoms with E-state index in [1.807, 2.05) is 18.2 Å². The molecule has 0 atom stereocenters. The highest BCUT2D eigenvalue weighted by Gasteiger charge is 2.03. The predicted octanol–water partition coefficient (Wildman–Crippen LogP) is 4.32. The second kappa shape index (κ2) is 6.04. The van der Waals surface area contributed by atoms with Crippen LogP contribution in [0.4, 0.5) is 5.69 Å². The van der Waals surface area contributed by atoms with Crippen molar-refractivity contribution in [2.24, 2.45) is 0 Å². The first-order valence-electron chi connectivity index (χ1n) is 5.64. The topological polar surface area (TPSA) is 41.5 Å². The molecule has 0 saturated heterocycles. The van der Waals surface area contributed by atoms with E-state index < -0.39 is 0 Å². The van der Waals surface area contributed by atoms with Gasteiger partial charge >= 0.3 is 0 Å². The first-order chi connectivity index (χ1) is 9.08. The molecule has 0 aliphatic heterocycles. The third-order valence-electron chi connectivity index (χ3n) is 2.60. The number of ether oxygens (including phenoxy) is 1. The van der Waals surface area contributed by atoms with E-state index in [0.717, 1.165) is 11.3 Å². The van der Waals surface area contributed by atoms with Crippen molar-refractivity contribution in [1.82, 2.24) is 0 Å². The van der Waals surface area contributed by atoms with Crippen molar-refractivity contribution in [2.75, 3.05) is 12.4 Å². The molecule has 0 radical (unpaired) electrons. The maximum Gasteiger partial charge on any atom is 0.160 e. The summed E-state index contributed by atoms with van der Waals surface area (Å²) in [5.74, 6) is 0.535. The summed E-state index contributed by atoms with van der Waals surface area (Å²) in [6.45, 7) is 0.562. The van der Waals surface area contributed by atoms with Crippen LogP contribution in [0.1, 0.15) is 5.56 Å². The zero-order valence-corrected chi connectivity index (χ0v) is 11.8. The largest absolute Gasteiger partial charge is 0.504 e. The molecule has 3 nitrogen and oxygen atoms in total. The first kappa shape index (κ1) is 13.8. The highest BCUT2D eigenvalue weighted by atomic mass is 35.5. The van der Waals surface area contributed by atoms with E-state index in [1.54, 1.807) is 18.2 Å². The Kier molecular flexibility index (Phi) is 4.40. The van der Waals surface area contributed by atoms with Crippen molar-refractivity contribution in [3.8, 4) is 11.5 Å². The number of phenols is 1. The molecule has 0 saturated carbocycles. The smallest absolute Gasteiger partial charge is 0.160 e. The van der Waals surface area contributed by atoms with Crippen LogP contribution in [0.2, 0.25) is 10.0 Å². The quantitative estimate of drug-likeness (QED) is 0.883. The van der Waals surface area contributed by atoms with E-state index in [9.17, 15) is 5.11 Å². The number of benzene rings is 2. The van der Waals surface area contributed by atoms with E-state index in [0.29, 0.717) is 22.3 Å². The van der Waals surface area contributed by atoms with Gasteiger partial charge in [-0.25, -0.2) is 0 Å². The standard InChI is InChI=1S/C14H13Cl2NO2/c1-19-14-3-2-12(7-13(14)18)17-8-9-4-10(15)6-11(16)5-9/h2-7,17-18H,8H2,1H3. The number of aromatic hydroxyl groups is 1. The average molecular weight is 298 g/mol. The molecular formula is C14H13Cl2NO2. The lowest BCUT2D eigenvalue weighted by Gasteiger charge is -2.09. The van der Waals surface area contributed by atoms with Gasteiger partial charge in [0.25, 0.3) is 0 Å². The number of hydrogen-bond acceptors (Lipinski definition) is 3. The van der Waals surface area contributed by atoms with Crippen molar-refractivity contribution in [1.29, 1.82) is 0 Å². The van der Waals surface area contributed by atoms with Crippen LogP contribution >= 0.6 is 23.2 Å². The van der Waals surface area contributed by atoms with Crippen molar-refractivity contribution in [3.63, 3.8) is 0 Å². The fourth-order valence-corrected chi connectivity index (χ4v) is 2.29. The minimum absolute atomic E-state index is 0.0941. The summed E-state index contributed by atoms with van der Waals surface area (Å²) in [5, 5.41) is 14.0. The fourth-order valence-electron chi connectivity index (χ4n) is 1.72. The van der Waals surface area contributed by atoms with Crippen LogP contribution in [0.3, 0.4) is 0 Å². The first-order valence-corrected chi connectivity index (χ1v) is 6.40. The zero-order chi connectivity index (χ0) is 13.8. The Bertz CT molecular complexity index is 567. The maximum absolute atomic E-state index is 9.67. The fraction of sp³-hybridized carbons (Fsp3) is 0.143. The normalized spacial score (nSPS) is 10.3. The summed E-state index contributed by atoms with van der Waals surface area (Å²) in [6.07, 6.45) is 0. The molecular weight excluding hydrogens is 285 g/mol. The number of methoxy groups -OCH3 is 1. The minimum Gasteiger partial charge on any atom is -0.504 e. The molecule has 0 aliphatic carbocycles. The van der Waals surface area contributed by atoms with E-state index in [4.69, 9.17) is 27.9 Å². The molecule has 0 fully saturated rings. The van der Waals surface area contributed by atoms with E-state index in [-0.39, 0.29) is 5.75 Å². The molecule has 0 aliphatic rings. The molecule has 100 valence electrons. The van der Waals surface area contributed by atoms with Crippen LogP contribution in [0, 0.1) is 0 Å².